The number of benzene rings is 3. The predicted octanol–water partition coefficient (Wildman–Crippen LogP) is 6.56. The Morgan fingerprint density at radius 2 is 1.41 bits per heavy atom. The Morgan fingerprint density at radius 1 is 0.864 bits per heavy atom. The SMILES string of the molecule is C=CC(CC(C)CC(CCCCOC(C)=O)(S(=O)(=O)c1ccccc1)S(=O)(=O)c1ccccc1)OCc1ccc(OC)cc1. The summed E-state index contributed by atoms with van der Waals surface area (Å²) in [5, 5.41) is 0. The van der Waals surface area contributed by atoms with E-state index in [9.17, 15) is 21.6 Å². The fraction of sp³-hybridized carbons (Fsp3) is 0.382. The number of ether oxygens (including phenoxy) is 3. The van der Waals surface area contributed by atoms with Crippen LogP contribution in [0.5, 0.6) is 5.75 Å². The van der Waals surface area contributed by atoms with Crippen LogP contribution in [0.3, 0.4) is 0 Å². The molecule has 2 atom stereocenters. The fourth-order valence-electron chi connectivity index (χ4n) is 5.24. The molecular weight excluding hydrogens is 601 g/mol. The van der Waals surface area contributed by atoms with Crippen LogP contribution in [0.25, 0.3) is 0 Å². The van der Waals surface area contributed by atoms with Gasteiger partial charge < -0.3 is 14.2 Å². The molecule has 2 unspecified atom stereocenters. The van der Waals surface area contributed by atoms with Crippen LogP contribution >= 0.6 is 0 Å². The number of esters is 1. The molecule has 0 saturated heterocycles. The summed E-state index contributed by atoms with van der Waals surface area (Å²) < 4.78 is 72.5. The highest BCUT2D eigenvalue weighted by Crippen LogP contribution is 2.45. The van der Waals surface area contributed by atoms with E-state index in [1.54, 1.807) is 49.6 Å². The Hall–Kier alpha value is -3.47. The lowest BCUT2D eigenvalue weighted by molar-refractivity contribution is -0.141. The second-order valence-corrected chi connectivity index (χ2v) is 15.6. The van der Waals surface area contributed by atoms with Gasteiger partial charge in [0.15, 0.2) is 23.8 Å². The highest BCUT2D eigenvalue weighted by molar-refractivity contribution is 8.10. The maximum absolute atomic E-state index is 14.6. The van der Waals surface area contributed by atoms with Gasteiger partial charge in [-0.1, -0.05) is 61.5 Å². The van der Waals surface area contributed by atoms with Crippen LogP contribution in [-0.4, -0.2) is 46.7 Å². The first-order valence-electron chi connectivity index (χ1n) is 14.6. The molecule has 0 fully saturated rings. The van der Waals surface area contributed by atoms with E-state index in [1.807, 2.05) is 31.2 Å². The van der Waals surface area contributed by atoms with Crippen molar-refractivity contribution in [3.05, 3.63) is 103 Å². The highest BCUT2D eigenvalue weighted by Gasteiger charge is 2.56. The first kappa shape index (κ1) is 35.0. The van der Waals surface area contributed by atoms with Crippen molar-refractivity contribution in [3.8, 4) is 5.75 Å². The van der Waals surface area contributed by atoms with Crippen molar-refractivity contribution in [2.75, 3.05) is 13.7 Å². The fourth-order valence-corrected chi connectivity index (χ4v) is 10.7. The molecule has 0 aliphatic rings. The maximum atomic E-state index is 14.6. The molecule has 0 radical (unpaired) electrons. The van der Waals surface area contributed by atoms with Crippen molar-refractivity contribution in [1.29, 1.82) is 0 Å². The van der Waals surface area contributed by atoms with Crippen molar-refractivity contribution in [1.82, 2.24) is 0 Å². The summed E-state index contributed by atoms with van der Waals surface area (Å²) in [6.07, 6.45) is 1.71. The van der Waals surface area contributed by atoms with Crippen LogP contribution in [-0.2, 0) is 40.5 Å². The lowest BCUT2D eigenvalue weighted by Crippen LogP contribution is -2.48. The first-order chi connectivity index (χ1) is 21.0. The largest absolute Gasteiger partial charge is 0.497 e. The van der Waals surface area contributed by atoms with Gasteiger partial charge in [-0.05, 0) is 80.0 Å². The Morgan fingerprint density at radius 3 is 1.89 bits per heavy atom. The van der Waals surface area contributed by atoms with Gasteiger partial charge in [0.05, 0.1) is 36.2 Å². The molecule has 0 aromatic heterocycles. The van der Waals surface area contributed by atoms with E-state index in [-0.39, 0.29) is 35.7 Å². The number of carbonyl (C=O) groups is 1. The molecule has 44 heavy (non-hydrogen) atoms. The summed E-state index contributed by atoms with van der Waals surface area (Å²) in [5.41, 5.74) is 0.922. The van der Waals surface area contributed by atoms with Crippen molar-refractivity contribution >= 4 is 25.6 Å². The average molecular weight is 643 g/mol. The van der Waals surface area contributed by atoms with Crippen LogP contribution in [0.15, 0.2) is 107 Å². The number of methoxy groups -OCH3 is 1. The number of hydrogen-bond donors (Lipinski definition) is 0. The summed E-state index contributed by atoms with van der Waals surface area (Å²) in [5.74, 6) is -0.130. The Labute approximate surface area is 261 Å². The highest BCUT2D eigenvalue weighted by atomic mass is 32.3. The summed E-state index contributed by atoms with van der Waals surface area (Å²) >= 11 is 0. The van der Waals surface area contributed by atoms with Crippen LogP contribution in [0, 0.1) is 5.92 Å². The van der Waals surface area contributed by atoms with Gasteiger partial charge >= 0.3 is 5.97 Å². The summed E-state index contributed by atoms with van der Waals surface area (Å²) in [7, 11) is -7.30. The number of sulfone groups is 2. The zero-order valence-corrected chi connectivity index (χ0v) is 27.2. The molecule has 0 aliphatic heterocycles. The molecule has 0 spiro atoms. The third kappa shape index (κ3) is 8.58. The summed E-state index contributed by atoms with van der Waals surface area (Å²) in [4.78, 5) is 11.2. The van der Waals surface area contributed by atoms with Crippen molar-refractivity contribution in [2.24, 2.45) is 5.92 Å². The van der Waals surface area contributed by atoms with Crippen molar-refractivity contribution < 1.29 is 35.8 Å². The molecular formula is C34H42O8S2. The average Bonchev–Trinajstić information content (AvgIpc) is 3.03. The molecule has 3 aromatic carbocycles. The molecule has 3 aromatic rings. The third-order valence-electron chi connectivity index (χ3n) is 7.52. The Bertz CT molecular complexity index is 1480. The lowest BCUT2D eigenvalue weighted by Gasteiger charge is -2.36. The van der Waals surface area contributed by atoms with Gasteiger partial charge in [0, 0.05) is 6.92 Å². The zero-order chi connectivity index (χ0) is 32.2. The second-order valence-electron chi connectivity index (χ2n) is 10.8. The molecule has 10 heteroatoms. The molecule has 8 nitrogen and oxygen atoms in total. The predicted molar refractivity (Wildman–Crippen MR) is 171 cm³/mol. The van der Waals surface area contributed by atoms with E-state index in [2.05, 4.69) is 6.58 Å². The van der Waals surface area contributed by atoms with Crippen molar-refractivity contribution in [3.63, 3.8) is 0 Å². The van der Waals surface area contributed by atoms with Crippen molar-refractivity contribution in [2.45, 2.75) is 72.5 Å². The zero-order valence-electron chi connectivity index (χ0n) is 25.6. The molecule has 0 N–H and O–H groups in total. The standard InChI is InChI=1S/C34H42O8S2/c1-5-30(42-26-29-18-20-31(40-4)21-19-29)24-27(2)25-34(22-12-13-23-41-28(3)35,43(36,37)32-14-8-6-9-15-32)44(38,39)33-16-10-7-11-17-33/h5-11,14-21,27,30H,1,12-13,22-26H2,2-4H3. The quantitative estimate of drug-likeness (QED) is 0.0871. The van der Waals surface area contributed by atoms with Gasteiger partial charge in [-0.25, -0.2) is 16.8 Å². The van der Waals surface area contributed by atoms with E-state index in [0.717, 1.165) is 11.3 Å². The van der Waals surface area contributed by atoms with Gasteiger partial charge in [0.2, 0.25) is 0 Å². The minimum atomic E-state index is -4.45. The first-order valence-corrected chi connectivity index (χ1v) is 17.5. The van der Waals surface area contributed by atoms with E-state index in [1.165, 1.54) is 31.2 Å². The number of carbonyl (C=O) groups excluding carboxylic acids is 1. The Balaban J connectivity index is 1.99. The van der Waals surface area contributed by atoms with Crippen LogP contribution in [0.2, 0.25) is 0 Å². The number of rotatable bonds is 18. The van der Waals surface area contributed by atoms with Gasteiger partial charge in [-0.15, -0.1) is 6.58 Å². The Kier molecular flexibility index (Phi) is 12.7. The minimum Gasteiger partial charge on any atom is -0.497 e. The minimum absolute atomic E-state index is 0.0650. The van der Waals surface area contributed by atoms with E-state index < -0.39 is 41.7 Å². The molecule has 0 heterocycles. The second kappa shape index (κ2) is 16.0. The summed E-state index contributed by atoms with van der Waals surface area (Å²) in [6.45, 7) is 7.39. The molecule has 0 amide bonds. The van der Waals surface area contributed by atoms with Crippen LogP contribution < -0.4 is 4.74 Å². The smallest absolute Gasteiger partial charge is 0.302 e. The number of unbranched alkanes of at least 4 members (excludes halogenated alkanes) is 1. The topological polar surface area (TPSA) is 113 Å². The monoisotopic (exact) mass is 642 g/mol. The van der Waals surface area contributed by atoms with Gasteiger partial charge in [-0.3, -0.25) is 4.79 Å². The van der Waals surface area contributed by atoms with E-state index in [4.69, 9.17) is 14.2 Å². The molecule has 0 saturated carbocycles. The van der Waals surface area contributed by atoms with Gasteiger partial charge in [-0.2, -0.15) is 0 Å². The maximum Gasteiger partial charge on any atom is 0.302 e. The van der Waals surface area contributed by atoms with Crippen LogP contribution in [0.4, 0.5) is 0 Å². The third-order valence-corrected chi connectivity index (χ3v) is 13.3. The molecule has 0 bridgehead atoms. The molecule has 3 rings (SSSR count). The molecule has 0 aliphatic carbocycles. The van der Waals surface area contributed by atoms with Crippen LogP contribution in [0.1, 0.15) is 51.5 Å². The van der Waals surface area contributed by atoms with E-state index >= 15 is 0 Å². The lowest BCUT2D eigenvalue weighted by atomic mass is 9.95. The molecule has 238 valence electrons. The van der Waals surface area contributed by atoms with Gasteiger partial charge in [0.25, 0.3) is 0 Å². The normalized spacial score (nSPS) is 13.5. The van der Waals surface area contributed by atoms with Gasteiger partial charge in [0.1, 0.15) is 5.75 Å². The number of hydrogen-bond acceptors (Lipinski definition) is 8. The van der Waals surface area contributed by atoms with E-state index in [0.29, 0.717) is 19.4 Å². The summed E-state index contributed by atoms with van der Waals surface area (Å²) in [6, 6.07) is 22.9.